The van der Waals surface area contributed by atoms with E-state index in [0.717, 1.165) is 10.9 Å². The van der Waals surface area contributed by atoms with Crippen LogP contribution in [0.15, 0.2) is 60.8 Å². The molecule has 1 heterocycles. The van der Waals surface area contributed by atoms with Gasteiger partial charge in [0.15, 0.2) is 0 Å². The number of hydrogen-bond acceptors (Lipinski definition) is 4. The number of pyridine rings is 1. The van der Waals surface area contributed by atoms with Crippen molar-refractivity contribution in [2.24, 2.45) is 5.84 Å². The van der Waals surface area contributed by atoms with Crippen LogP contribution in [0.5, 0.6) is 0 Å². The van der Waals surface area contributed by atoms with E-state index in [0.29, 0.717) is 16.9 Å². The van der Waals surface area contributed by atoms with E-state index in [1.807, 2.05) is 29.7 Å². The Bertz CT molecular complexity index is 893. The summed E-state index contributed by atoms with van der Waals surface area (Å²) < 4.78 is 0. The van der Waals surface area contributed by atoms with Crippen LogP contribution in [0, 0.1) is 0 Å². The molecule has 24 heavy (non-hydrogen) atoms. The van der Waals surface area contributed by atoms with Gasteiger partial charge in [-0.1, -0.05) is 6.07 Å². The number of amides is 3. The predicted molar refractivity (Wildman–Crippen MR) is 92.5 cm³/mol. The molecule has 3 aromatic rings. The van der Waals surface area contributed by atoms with Gasteiger partial charge >= 0.3 is 6.03 Å². The van der Waals surface area contributed by atoms with Crippen molar-refractivity contribution in [1.82, 2.24) is 10.4 Å². The van der Waals surface area contributed by atoms with Crippen LogP contribution < -0.4 is 21.9 Å². The summed E-state index contributed by atoms with van der Waals surface area (Å²) >= 11 is 0. The normalized spacial score (nSPS) is 10.2. The highest BCUT2D eigenvalue weighted by Crippen LogP contribution is 2.17. The highest BCUT2D eigenvalue weighted by Gasteiger charge is 2.06. The highest BCUT2D eigenvalue weighted by molar-refractivity contribution is 6.01. The van der Waals surface area contributed by atoms with Crippen LogP contribution in [0.4, 0.5) is 16.2 Å². The molecule has 0 fully saturated rings. The van der Waals surface area contributed by atoms with Gasteiger partial charge in [-0.25, -0.2) is 10.6 Å². The van der Waals surface area contributed by atoms with Crippen molar-refractivity contribution in [3.63, 3.8) is 0 Å². The van der Waals surface area contributed by atoms with Crippen molar-refractivity contribution in [3.05, 3.63) is 66.4 Å². The number of anilines is 2. The lowest BCUT2D eigenvalue weighted by atomic mass is 10.2. The lowest BCUT2D eigenvalue weighted by molar-refractivity contribution is 0.0953. The van der Waals surface area contributed by atoms with E-state index in [9.17, 15) is 9.59 Å². The van der Waals surface area contributed by atoms with Gasteiger partial charge in [-0.3, -0.25) is 15.2 Å². The van der Waals surface area contributed by atoms with E-state index in [4.69, 9.17) is 5.84 Å². The first-order valence-electron chi connectivity index (χ1n) is 7.19. The monoisotopic (exact) mass is 321 g/mol. The van der Waals surface area contributed by atoms with Crippen LogP contribution in [-0.2, 0) is 0 Å². The molecule has 3 amide bonds. The summed E-state index contributed by atoms with van der Waals surface area (Å²) in [5, 5.41) is 6.39. The summed E-state index contributed by atoms with van der Waals surface area (Å²) in [6.45, 7) is 0. The number of urea groups is 1. The molecule has 0 bridgehead atoms. The van der Waals surface area contributed by atoms with Crippen molar-refractivity contribution >= 4 is 34.2 Å². The number of fused-ring (bicyclic) bond motifs is 1. The van der Waals surface area contributed by atoms with E-state index in [1.54, 1.807) is 36.5 Å². The number of nitrogens with zero attached hydrogens (tertiary/aromatic N) is 1. The molecule has 0 aliphatic rings. The summed E-state index contributed by atoms with van der Waals surface area (Å²) in [4.78, 5) is 27.6. The van der Waals surface area contributed by atoms with Crippen LogP contribution >= 0.6 is 0 Å². The lowest BCUT2D eigenvalue weighted by Crippen LogP contribution is -2.29. The molecule has 0 saturated heterocycles. The van der Waals surface area contributed by atoms with Gasteiger partial charge in [-0.05, 0) is 48.5 Å². The van der Waals surface area contributed by atoms with Crippen LogP contribution in [0.1, 0.15) is 10.4 Å². The second-order valence-electron chi connectivity index (χ2n) is 5.04. The zero-order valence-corrected chi connectivity index (χ0v) is 12.6. The number of nitrogens with two attached hydrogens (primary N) is 1. The number of benzene rings is 2. The van der Waals surface area contributed by atoms with Crippen LogP contribution in [0.2, 0.25) is 0 Å². The Hall–Kier alpha value is -3.45. The third-order valence-electron chi connectivity index (χ3n) is 3.40. The van der Waals surface area contributed by atoms with Crippen molar-refractivity contribution in [1.29, 1.82) is 0 Å². The Balaban J connectivity index is 1.67. The molecule has 0 radical (unpaired) electrons. The number of nitrogens with one attached hydrogen (secondary N) is 3. The van der Waals surface area contributed by atoms with Crippen molar-refractivity contribution < 1.29 is 9.59 Å². The van der Waals surface area contributed by atoms with E-state index in [1.165, 1.54) is 0 Å². The number of nitrogen functional groups attached to an aromatic ring is 1. The SMILES string of the molecule is NNC(=O)c1ccc(NC(=O)Nc2ccc3ncccc3c2)cc1. The van der Waals surface area contributed by atoms with E-state index in [2.05, 4.69) is 15.6 Å². The maximum Gasteiger partial charge on any atom is 0.323 e. The number of aromatic nitrogens is 1. The fourth-order valence-electron chi connectivity index (χ4n) is 2.24. The van der Waals surface area contributed by atoms with Gasteiger partial charge in [0, 0.05) is 28.5 Å². The molecule has 3 rings (SSSR count). The molecule has 0 aliphatic heterocycles. The Kier molecular flexibility index (Phi) is 4.35. The molecule has 5 N–H and O–H groups in total. The second kappa shape index (κ2) is 6.76. The molecule has 0 atom stereocenters. The Morgan fingerprint density at radius 3 is 2.38 bits per heavy atom. The zero-order valence-electron chi connectivity index (χ0n) is 12.6. The van der Waals surface area contributed by atoms with E-state index in [-0.39, 0.29) is 6.03 Å². The van der Waals surface area contributed by atoms with Gasteiger partial charge in [0.05, 0.1) is 5.52 Å². The molecule has 0 saturated carbocycles. The molecule has 7 nitrogen and oxygen atoms in total. The number of rotatable bonds is 3. The van der Waals surface area contributed by atoms with Crippen LogP contribution in [0.3, 0.4) is 0 Å². The first-order chi connectivity index (χ1) is 11.7. The smallest absolute Gasteiger partial charge is 0.308 e. The zero-order chi connectivity index (χ0) is 16.9. The van der Waals surface area contributed by atoms with Gasteiger partial charge in [0.2, 0.25) is 0 Å². The van der Waals surface area contributed by atoms with Crippen LogP contribution in [0.25, 0.3) is 10.9 Å². The lowest BCUT2D eigenvalue weighted by Gasteiger charge is -2.09. The predicted octanol–water partition coefficient (Wildman–Crippen LogP) is 2.48. The van der Waals surface area contributed by atoms with Crippen LogP contribution in [-0.4, -0.2) is 16.9 Å². The molecule has 0 aliphatic carbocycles. The maximum absolute atomic E-state index is 12.1. The number of hydrazine groups is 1. The topological polar surface area (TPSA) is 109 Å². The molecule has 0 unspecified atom stereocenters. The standard InChI is InChI=1S/C17H15N5O2/c18-22-16(23)11-3-5-13(6-4-11)20-17(24)21-14-7-8-15-12(10-14)2-1-9-19-15/h1-10H,18H2,(H,22,23)(H2,20,21,24). The quantitative estimate of drug-likeness (QED) is 0.337. The van der Waals surface area contributed by atoms with Crippen molar-refractivity contribution in [2.75, 3.05) is 10.6 Å². The summed E-state index contributed by atoms with van der Waals surface area (Å²) in [5.74, 6) is 4.67. The van der Waals surface area contributed by atoms with E-state index >= 15 is 0 Å². The van der Waals surface area contributed by atoms with Gasteiger partial charge in [0.1, 0.15) is 0 Å². The highest BCUT2D eigenvalue weighted by atomic mass is 16.2. The largest absolute Gasteiger partial charge is 0.323 e. The summed E-state index contributed by atoms with van der Waals surface area (Å²) in [6, 6.07) is 15.2. The third-order valence-corrected chi connectivity index (χ3v) is 3.40. The second-order valence-corrected chi connectivity index (χ2v) is 5.04. The molecule has 2 aromatic carbocycles. The molecular weight excluding hydrogens is 306 g/mol. The molecular formula is C17H15N5O2. The first kappa shape index (κ1) is 15.4. The van der Waals surface area contributed by atoms with E-state index < -0.39 is 5.91 Å². The average molecular weight is 321 g/mol. The minimum absolute atomic E-state index is 0.380. The maximum atomic E-state index is 12.1. The molecule has 1 aromatic heterocycles. The fourth-order valence-corrected chi connectivity index (χ4v) is 2.24. The number of carbonyl (C=O) groups excluding carboxylic acids is 2. The minimum atomic E-state index is -0.393. The fraction of sp³-hybridized carbons (Fsp3) is 0. The van der Waals surface area contributed by atoms with Gasteiger partial charge < -0.3 is 10.6 Å². The number of carbonyl (C=O) groups is 2. The number of hydrogen-bond donors (Lipinski definition) is 4. The molecule has 0 spiro atoms. The Morgan fingerprint density at radius 2 is 1.62 bits per heavy atom. The average Bonchev–Trinajstić information content (AvgIpc) is 2.61. The van der Waals surface area contributed by atoms with Gasteiger partial charge in [-0.2, -0.15) is 0 Å². The molecule has 7 heteroatoms. The van der Waals surface area contributed by atoms with Crippen molar-refractivity contribution in [2.45, 2.75) is 0 Å². The first-order valence-corrected chi connectivity index (χ1v) is 7.19. The van der Waals surface area contributed by atoms with Gasteiger partial charge in [0.25, 0.3) is 5.91 Å². The minimum Gasteiger partial charge on any atom is -0.308 e. The Labute approximate surface area is 137 Å². The third kappa shape index (κ3) is 3.47. The molecule has 120 valence electrons. The summed E-state index contributed by atoms with van der Waals surface area (Å²) in [5.41, 5.74) is 4.53. The summed E-state index contributed by atoms with van der Waals surface area (Å²) in [7, 11) is 0. The van der Waals surface area contributed by atoms with Crippen molar-refractivity contribution in [3.8, 4) is 0 Å². The Morgan fingerprint density at radius 1 is 0.917 bits per heavy atom. The van der Waals surface area contributed by atoms with Gasteiger partial charge in [-0.15, -0.1) is 0 Å². The summed E-state index contributed by atoms with van der Waals surface area (Å²) in [6.07, 6.45) is 1.72.